The molecule has 0 saturated carbocycles. The number of hydrogen-bond acceptors (Lipinski definition) is 8. The Morgan fingerprint density at radius 2 is 2.10 bits per heavy atom. The average Bonchev–Trinajstić information content (AvgIpc) is 2.80. The number of nitrogens with one attached hydrogen (secondary N) is 2. The van der Waals surface area contributed by atoms with Gasteiger partial charge in [-0.3, -0.25) is 15.2 Å². The van der Waals surface area contributed by atoms with Crippen LogP contribution in [0.4, 0.5) is 11.6 Å². The summed E-state index contributed by atoms with van der Waals surface area (Å²) in [5.41, 5.74) is 0.188. The average molecular weight is 309 g/mol. The van der Waals surface area contributed by atoms with Gasteiger partial charge in [0.15, 0.2) is 5.03 Å². The van der Waals surface area contributed by atoms with Crippen molar-refractivity contribution < 1.29 is 4.92 Å². The van der Waals surface area contributed by atoms with Gasteiger partial charge in [0.05, 0.1) is 4.92 Å². The molecule has 0 aromatic carbocycles. The Kier molecular flexibility index (Phi) is 4.68. The van der Waals surface area contributed by atoms with Gasteiger partial charge in [-0.2, -0.15) is 4.98 Å². The van der Waals surface area contributed by atoms with Crippen LogP contribution in [0.1, 0.15) is 24.9 Å². The maximum atomic E-state index is 11.2. The standard InChI is InChI=1S/C11H15N7O2S/c1-4-5-12-10-13-6(2)8(18(19)20)9(15-10)21-11-14-7(3)16-17-11/h4-5H2,1-3H3,(H,12,13,15)(H,14,16,17). The highest BCUT2D eigenvalue weighted by molar-refractivity contribution is 7.99. The maximum absolute atomic E-state index is 11.2. The first kappa shape index (κ1) is 15.2. The molecule has 0 saturated heterocycles. The van der Waals surface area contributed by atoms with E-state index in [2.05, 4.69) is 30.5 Å². The minimum Gasteiger partial charge on any atom is -0.354 e. The molecule has 10 heteroatoms. The lowest BCUT2D eigenvalue weighted by atomic mass is 10.4. The number of rotatable bonds is 6. The predicted molar refractivity (Wildman–Crippen MR) is 77.4 cm³/mol. The van der Waals surface area contributed by atoms with Gasteiger partial charge in [0.1, 0.15) is 11.5 Å². The molecule has 9 nitrogen and oxygen atoms in total. The fourth-order valence-electron chi connectivity index (χ4n) is 1.59. The van der Waals surface area contributed by atoms with E-state index in [1.165, 1.54) is 0 Å². The zero-order valence-electron chi connectivity index (χ0n) is 11.9. The number of nitrogens with zero attached hydrogens (tertiary/aromatic N) is 5. The minimum absolute atomic E-state index is 0.121. The monoisotopic (exact) mass is 309 g/mol. The normalized spacial score (nSPS) is 10.6. The van der Waals surface area contributed by atoms with Crippen molar-refractivity contribution in [2.75, 3.05) is 11.9 Å². The fourth-order valence-corrected chi connectivity index (χ4v) is 2.49. The molecule has 0 unspecified atom stereocenters. The van der Waals surface area contributed by atoms with Gasteiger partial charge in [-0.15, -0.1) is 5.10 Å². The van der Waals surface area contributed by atoms with Crippen LogP contribution in [0.15, 0.2) is 10.2 Å². The molecular formula is C11H15N7O2S. The van der Waals surface area contributed by atoms with Gasteiger partial charge in [0.25, 0.3) is 0 Å². The molecule has 2 N–H and O–H groups in total. The molecule has 0 fully saturated rings. The Labute approximate surface area is 125 Å². The second-order valence-electron chi connectivity index (χ2n) is 4.28. The van der Waals surface area contributed by atoms with E-state index in [9.17, 15) is 10.1 Å². The third-order valence-corrected chi connectivity index (χ3v) is 3.35. The number of hydrogen-bond donors (Lipinski definition) is 2. The van der Waals surface area contributed by atoms with Crippen LogP contribution in [0.3, 0.4) is 0 Å². The molecule has 0 radical (unpaired) electrons. The lowest BCUT2D eigenvalue weighted by Crippen LogP contribution is -2.08. The van der Waals surface area contributed by atoms with E-state index in [1.54, 1.807) is 13.8 Å². The first-order valence-electron chi connectivity index (χ1n) is 6.35. The van der Waals surface area contributed by atoms with Crippen molar-refractivity contribution in [3.63, 3.8) is 0 Å². The Morgan fingerprint density at radius 1 is 1.33 bits per heavy atom. The molecule has 0 aliphatic heterocycles. The summed E-state index contributed by atoms with van der Waals surface area (Å²) in [5, 5.41) is 21.5. The summed E-state index contributed by atoms with van der Waals surface area (Å²) in [6, 6.07) is 0. The zero-order chi connectivity index (χ0) is 15.4. The number of nitro groups is 1. The van der Waals surface area contributed by atoms with Gasteiger partial charge < -0.3 is 5.32 Å². The van der Waals surface area contributed by atoms with Crippen LogP contribution in [-0.4, -0.2) is 36.6 Å². The third-order valence-electron chi connectivity index (χ3n) is 2.51. The Morgan fingerprint density at radius 3 is 2.67 bits per heavy atom. The van der Waals surface area contributed by atoms with E-state index < -0.39 is 4.92 Å². The molecule has 2 heterocycles. The van der Waals surface area contributed by atoms with Gasteiger partial charge in [-0.05, 0) is 32.0 Å². The van der Waals surface area contributed by atoms with E-state index in [4.69, 9.17) is 0 Å². The van der Waals surface area contributed by atoms with Gasteiger partial charge in [0, 0.05) is 6.54 Å². The predicted octanol–water partition coefficient (Wildman–Crippen LogP) is 2.09. The molecule has 2 aromatic rings. The molecule has 0 aliphatic carbocycles. The van der Waals surface area contributed by atoms with Crippen molar-refractivity contribution in [1.29, 1.82) is 0 Å². The first-order valence-corrected chi connectivity index (χ1v) is 7.16. The molecule has 0 spiro atoms. The second kappa shape index (κ2) is 6.48. The van der Waals surface area contributed by atoms with Crippen LogP contribution in [0.5, 0.6) is 0 Å². The quantitative estimate of drug-likeness (QED) is 0.472. The topological polar surface area (TPSA) is 123 Å². The number of anilines is 1. The SMILES string of the molecule is CCCNc1nc(C)c([N+](=O)[O-])c(Sc2n[nH]c(C)n2)n1. The molecule has 0 bridgehead atoms. The van der Waals surface area contributed by atoms with E-state index in [0.29, 0.717) is 29.2 Å². The molecule has 2 aromatic heterocycles. The van der Waals surface area contributed by atoms with Crippen molar-refractivity contribution >= 4 is 23.4 Å². The number of aryl methyl sites for hydroxylation is 2. The van der Waals surface area contributed by atoms with Gasteiger partial charge in [0.2, 0.25) is 11.1 Å². The fraction of sp³-hybridized carbons (Fsp3) is 0.455. The van der Waals surface area contributed by atoms with E-state index in [0.717, 1.165) is 18.2 Å². The molecule has 0 amide bonds. The van der Waals surface area contributed by atoms with Crippen molar-refractivity contribution in [1.82, 2.24) is 25.1 Å². The minimum atomic E-state index is -0.485. The van der Waals surface area contributed by atoms with Crippen LogP contribution in [0.2, 0.25) is 0 Å². The van der Waals surface area contributed by atoms with E-state index in [-0.39, 0.29) is 10.7 Å². The highest BCUT2D eigenvalue weighted by Crippen LogP contribution is 2.33. The van der Waals surface area contributed by atoms with E-state index >= 15 is 0 Å². The van der Waals surface area contributed by atoms with Crippen LogP contribution < -0.4 is 5.32 Å². The van der Waals surface area contributed by atoms with Crippen LogP contribution in [0, 0.1) is 24.0 Å². The Bertz CT molecular complexity index is 658. The number of aromatic nitrogens is 5. The van der Waals surface area contributed by atoms with Crippen molar-refractivity contribution in [3.05, 3.63) is 21.6 Å². The van der Waals surface area contributed by atoms with Crippen LogP contribution in [-0.2, 0) is 0 Å². The summed E-state index contributed by atoms with van der Waals surface area (Å²) in [7, 11) is 0. The van der Waals surface area contributed by atoms with Crippen molar-refractivity contribution in [2.45, 2.75) is 37.4 Å². The first-order chi connectivity index (χ1) is 10.0. The summed E-state index contributed by atoms with van der Waals surface area (Å²) in [5.74, 6) is 1.00. The number of aromatic amines is 1. The highest BCUT2D eigenvalue weighted by atomic mass is 32.2. The summed E-state index contributed by atoms with van der Waals surface area (Å²) in [6.45, 7) is 6.05. The highest BCUT2D eigenvalue weighted by Gasteiger charge is 2.24. The van der Waals surface area contributed by atoms with Crippen molar-refractivity contribution in [2.24, 2.45) is 0 Å². The molecule has 0 atom stereocenters. The lowest BCUT2D eigenvalue weighted by molar-refractivity contribution is -0.389. The zero-order valence-corrected chi connectivity index (χ0v) is 12.7. The lowest BCUT2D eigenvalue weighted by Gasteiger charge is -2.07. The van der Waals surface area contributed by atoms with Gasteiger partial charge in [-0.25, -0.2) is 9.97 Å². The largest absolute Gasteiger partial charge is 0.354 e. The van der Waals surface area contributed by atoms with Crippen molar-refractivity contribution in [3.8, 4) is 0 Å². The van der Waals surface area contributed by atoms with Crippen LogP contribution >= 0.6 is 11.8 Å². The Hall–Kier alpha value is -2.23. The van der Waals surface area contributed by atoms with Crippen LogP contribution in [0.25, 0.3) is 0 Å². The third kappa shape index (κ3) is 3.66. The van der Waals surface area contributed by atoms with E-state index in [1.807, 2.05) is 6.92 Å². The smallest absolute Gasteiger partial charge is 0.322 e. The molecule has 112 valence electrons. The van der Waals surface area contributed by atoms with Gasteiger partial charge >= 0.3 is 5.69 Å². The van der Waals surface area contributed by atoms with Gasteiger partial charge in [-0.1, -0.05) is 6.92 Å². The molecule has 2 rings (SSSR count). The summed E-state index contributed by atoms with van der Waals surface area (Å²) in [6.07, 6.45) is 0.905. The summed E-state index contributed by atoms with van der Waals surface area (Å²) in [4.78, 5) is 23.2. The summed E-state index contributed by atoms with van der Waals surface area (Å²) >= 11 is 1.04. The number of H-pyrrole nitrogens is 1. The summed E-state index contributed by atoms with van der Waals surface area (Å²) < 4.78 is 0. The molecular weight excluding hydrogens is 294 g/mol. The molecule has 21 heavy (non-hydrogen) atoms. The Balaban J connectivity index is 2.39. The molecule has 0 aliphatic rings. The maximum Gasteiger partial charge on any atom is 0.322 e. The second-order valence-corrected chi connectivity index (χ2v) is 5.23.